The summed E-state index contributed by atoms with van der Waals surface area (Å²) in [4.78, 5) is 51.8. The highest BCUT2D eigenvalue weighted by atomic mass is 16.2. The van der Waals surface area contributed by atoms with Crippen LogP contribution in [-0.2, 0) is 13.5 Å². The summed E-state index contributed by atoms with van der Waals surface area (Å²) < 4.78 is 2.17. The van der Waals surface area contributed by atoms with Gasteiger partial charge in [0, 0.05) is 7.05 Å². The van der Waals surface area contributed by atoms with E-state index in [0.717, 1.165) is 26.2 Å². The summed E-state index contributed by atoms with van der Waals surface area (Å²) in [7, 11) is 1.40. The average molecular weight is 577 g/mol. The lowest BCUT2D eigenvalue weighted by molar-refractivity contribution is 0.302. The molecule has 0 atom stereocenters. The van der Waals surface area contributed by atoms with Gasteiger partial charge in [-0.25, -0.2) is 4.57 Å². The standard InChI is InChI=1S/C37H40N2O4/c1-4-5-6-7-8-24-9-13-27(14-10-24)28-15-11-25(12-16-28)19-26-17-23(2)18-29(20-26)39-36(42)32-21-30-31(22-33(32)37(39)43)35(41)38(3)34(30)40/h11-12,15-18,20-22,24,27H,4-10,13-14,19H2,1-3H3. The quantitative estimate of drug-likeness (QED) is 0.186. The van der Waals surface area contributed by atoms with Crippen LogP contribution in [0, 0.1) is 12.8 Å². The molecule has 1 fully saturated rings. The first-order valence-electron chi connectivity index (χ1n) is 15.8. The fourth-order valence-corrected chi connectivity index (χ4v) is 7.19. The third-order valence-electron chi connectivity index (χ3n) is 9.65. The van der Waals surface area contributed by atoms with Crippen LogP contribution in [0.1, 0.15) is 92.9 Å². The Kier molecular flexibility index (Phi) is 8.04. The van der Waals surface area contributed by atoms with Gasteiger partial charge in [0.05, 0.1) is 27.2 Å². The van der Waals surface area contributed by atoms with E-state index in [1.807, 2.05) is 19.1 Å². The second-order valence-corrected chi connectivity index (χ2v) is 12.7. The van der Waals surface area contributed by atoms with Crippen LogP contribution in [0.3, 0.4) is 0 Å². The van der Waals surface area contributed by atoms with Gasteiger partial charge in [-0.2, -0.15) is 0 Å². The summed E-state index contributed by atoms with van der Waals surface area (Å²) >= 11 is 0. The molecule has 1 aliphatic rings. The average Bonchev–Trinajstić information content (AvgIpc) is 3.38. The van der Waals surface area contributed by atoms with E-state index in [-0.39, 0.29) is 21.5 Å². The lowest BCUT2D eigenvalue weighted by Gasteiger charge is -2.29. The summed E-state index contributed by atoms with van der Waals surface area (Å²) in [5.41, 5.74) is 3.19. The fourth-order valence-electron chi connectivity index (χ4n) is 7.19. The van der Waals surface area contributed by atoms with Crippen molar-refractivity contribution in [2.24, 2.45) is 13.0 Å². The Bertz CT molecular complexity index is 1920. The van der Waals surface area contributed by atoms with Gasteiger partial charge >= 0.3 is 0 Å². The molecule has 5 aromatic rings. The molecule has 0 bridgehead atoms. The zero-order chi connectivity index (χ0) is 30.2. The molecule has 0 radical (unpaired) electrons. The van der Waals surface area contributed by atoms with Gasteiger partial charge in [-0.3, -0.25) is 23.7 Å². The first-order chi connectivity index (χ1) is 20.7. The number of unbranched alkanes of at least 4 members (excludes halogenated alkanes) is 3. The van der Waals surface area contributed by atoms with Crippen molar-refractivity contribution in [1.29, 1.82) is 0 Å². The Morgan fingerprint density at radius 3 is 1.88 bits per heavy atom. The maximum absolute atomic E-state index is 13.4. The van der Waals surface area contributed by atoms with E-state index >= 15 is 0 Å². The van der Waals surface area contributed by atoms with E-state index in [4.69, 9.17) is 0 Å². The van der Waals surface area contributed by atoms with Crippen LogP contribution in [0.5, 0.6) is 0 Å². The lowest BCUT2D eigenvalue weighted by atomic mass is 9.77. The minimum atomic E-state index is -0.478. The molecule has 6 rings (SSSR count). The number of rotatable bonds is 9. The second kappa shape index (κ2) is 11.9. The van der Waals surface area contributed by atoms with Crippen molar-refractivity contribution in [2.45, 2.75) is 84.0 Å². The minimum absolute atomic E-state index is 0.157. The van der Waals surface area contributed by atoms with Crippen LogP contribution in [0.15, 0.2) is 73.8 Å². The van der Waals surface area contributed by atoms with Gasteiger partial charge in [-0.15, -0.1) is 0 Å². The smallest absolute Gasteiger partial charge is 0.266 e. The van der Waals surface area contributed by atoms with Crippen molar-refractivity contribution >= 4 is 21.5 Å². The maximum Gasteiger partial charge on any atom is 0.266 e. The van der Waals surface area contributed by atoms with Crippen LogP contribution in [0.2, 0.25) is 0 Å². The Balaban J connectivity index is 1.21. The third kappa shape index (κ3) is 5.55. The molecule has 0 spiro atoms. The zero-order valence-corrected chi connectivity index (χ0v) is 25.4. The molecule has 2 heterocycles. The van der Waals surface area contributed by atoms with E-state index in [1.165, 1.54) is 88.1 Å². The van der Waals surface area contributed by atoms with Crippen LogP contribution in [-0.4, -0.2) is 9.13 Å². The van der Waals surface area contributed by atoms with Crippen molar-refractivity contribution in [3.05, 3.63) is 118 Å². The van der Waals surface area contributed by atoms with Gasteiger partial charge in [0.25, 0.3) is 22.2 Å². The highest BCUT2D eigenvalue weighted by Gasteiger charge is 2.22. The summed E-state index contributed by atoms with van der Waals surface area (Å²) in [6.07, 6.45) is 12.7. The number of hydrogen-bond acceptors (Lipinski definition) is 4. The van der Waals surface area contributed by atoms with E-state index in [9.17, 15) is 19.2 Å². The Labute approximate surface area is 251 Å². The number of benzene rings is 3. The normalized spacial score (nSPS) is 17.3. The highest BCUT2D eigenvalue weighted by molar-refractivity contribution is 5.98. The molecule has 0 saturated heterocycles. The SMILES string of the molecule is CCCCCCC1CCC(c2ccc(Cc3cc(C)cc(-n4c(=O)c5cc6c(=O)n(C)c(=O)c6cc5c4=O)c3)cc2)CC1. The Morgan fingerprint density at radius 2 is 1.28 bits per heavy atom. The summed E-state index contributed by atoms with van der Waals surface area (Å²) in [5, 5.41) is 0.643. The molecule has 0 N–H and O–H groups in total. The topological polar surface area (TPSA) is 78.1 Å². The highest BCUT2D eigenvalue weighted by Crippen LogP contribution is 2.38. The van der Waals surface area contributed by atoms with Gasteiger partial charge in [0.2, 0.25) is 0 Å². The van der Waals surface area contributed by atoms with E-state index in [2.05, 4.69) is 37.3 Å². The molecule has 0 aliphatic heterocycles. The van der Waals surface area contributed by atoms with Crippen LogP contribution in [0.25, 0.3) is 27.2 Å². The summed E-state index contributed by atoms with van der Waals surface area (Å²) in [6, 6.07) is 17.6. The molecular formula is C37H40N2O4. The van der Waals surface area contributed by atoms with Crippen molar-refractivity contribution < 1.29 is 0 Å². The molecular weight excluding hydrogens is 536 g/mol. The van der Waals surface area contributed by atoms with Crippen LogP contribution >= 0.6 is 0 Å². The molecule has 1 aliphatic carbocycles. The molecule has 0 unspecified atom stereocenters. The van der Waals surface area contributed by atoms with Crippen LogP contribution < -0.4 is 22.2 Å². The molecule has 43 heavy (non-hydrogen) atoms. The van der Waals surface area contributed by atoms with Crippen molar-refractivity contribution in [1.82, 2.24) is 9.13 Å². The van der Waals surface area contributed by atoms with Crippen molar-refractivity contribution in [2.75, 3.05) is 0 Å². The largest absolute Gasteiger partial charge is 0.277 e. The summed E-state index contributed by atoms with van der Waals surface area (Å²) in [5.74, 6) is 1.55. The number of aryl methyl sites for hydroxylation is 1. The Morgan fingerprint density at radius 1 is 0.674 bits per heavy atom. The first-order valence-corrected chi connectivity index (χ1v) is 15.8. The summed E-state index contributed by atoms with van der Waals surface area (Å²) in [6.45, 7) is 4.23. The Hall–Kier alpha value is -4.06. The van der Waals surface area contributed by atoms with Crippen molar-refractivity contribution in [3.8, 4) is 5.69 Å². The monoisotopic (exact) mass is 576 g/mol. The molecule has 6 heteroatoms. The van der Waals surface area contributed by atoms with Crippen LogP contribution in [0.4, 0.5) is 0 Å². The zero-order valence-electron chi connectivity index (χ0n) is 25.4. The lowest BCUT2D eigenvalue weighted by Crippen LogP contribution is -2.23. The number of hydrogen-bond donors (Lipinski definition) is 0. The fraction of sp³-hybridized carbons (Fsp3) is 0.405. The molecule has 1 saturated carbocycles. The molecule has 0 amide bonds. The number of fused-ring (bicyclic) bond motifs is 2. The molecule has 3 aromatic carbocycles. The van der Waals surface area contributed by atoms with E-state index in [1.54, 1.807) is 0 Å². The molecule has 2 aromatic heterocycles. The predicted octanol–water partition coefficient (Wildman–Crippen LogP) is 6.58. The second-order valence-electron chi connectivity index (χ2n) is 12.7. The van der Waals surface area contributed by atoms with Gasteiger partial charge in [0.1, 0.15) is 0 Å². The number of aromatic nitrogens is 2. The van der Waals surface area contributed by atoms with Gasteiger partial charge in [-0.05, 0) is 97.4 Å². The molecule has 222 valence electrons. The maximum atomic E-state index is 13.4. The minimum Gasteiger partial charge on any atom is -0.277 e. The molecule has 6 nitrogen and oxygen atoms in total. The third-order valence-corrected chi connectivity index (χ3v) is 9.65. The van der Waals surface area contributed by atoms with Crippen molar-refractivity contribution in [3.63, 3.8) is 0 Å². The predicted molar refractivity (Wildman–Crippen MR) is 175 cm³/mol. The van der Waals surface area contributed by atoms with E-state index < -0.39 is 22.2 Å². The first kappa shape index (κ1) is 29.0. The van der Waals surface area contributed by atoms with E-state index in [0.29, 0.717) is 18.0 Å². The van der Waals surface area contributed by atoms with Gasteiger partial charge < -0.3 is 0 Å². The van der Waals surface area contributed by atoms with Gasteiger partial charge in [-0.1, -0.05) is 69.4 Å². The van der Waals surface area contributed by atoms with Gasteiger partial charge in [0.15, 0.2) is 0 Å². The number of nitrogens with zero attached hydrogens (tertiary/aromatic N) is 2.